The Morgan fingerprint density at radius 3 is 2.69 bits per heavy atom. The van der Waals surface area contributed by atoms with Crippen LogP contribution in [0.2, 0.25) is 0 Å². The molecule has 0 aliphatic carbocycles. The first-order valence-corrected chi connectivity index (χ1v) is 17.3. The Kier molecular flexibility index (Phi) is 8.61. The lowest BCUT2D eigenvalue weighted by atomic mass is 9.90. The predicted octanol–water partition coefficient (Wildman–Crippen LogP) is 3.45. The van der Waals surface area contributed by atoms with Gasteiger partial charge in [0.1, 0.15) is 27.6 Å². The number of piperidine rings is 1. The minimum absolute atomic E-state index is 0.0102. The number of carbonyl (C=O) groups excluding carboxylic acids is 1. The van der Waals surface area contributed by atoms with Gasteiger partial charge in [0.15, 0.2) is 0 Å². The maximum Gasteiger partial charge on any atom is 0.246 e. The van der Waals surface area contributed by atoms with Gasteiger partial charge in [-0.2, -0.15) is 4.98 Å². The molecule has 0 radical (unpaired) electrons. The molecule has 0 spiro atoms. The molecule has 6 rings (SSSR count). The number of likely N-dealkylation sites (tertiary alicyclic amines) is 1. The summed E-state index contributed by atoms with van der Waals surface area (Å²) < 4.78 is 43.7. The number of aromatic nitrogens is 4. The van der Waals surface area contributed by atoms with Gasteiger partial charge in [-0.1, -0.05) is 6.58 Å². The number of methoxy groups -OCH3 is 1. The van der Waals surface area contributed by atoms with Crippen LogP contribution in [0.25, 0.3) is 10.8 Å². The first-order valence-electron chi connectivity index (χ1n) is 15.2. The number of amides is 1. The zero-order valence-electron chi connectivity index (χ0n) is 25.8. The highest BCUT2D eigenvalue weighted by Gasteiger charge is 2.39. The van der Waals surface area contributed by atoms with Crippen molar-refractivity contribution >= 4 is 49.8 Å². The molecule has 3 aliphatic rings. The third kappa shape index (κ3) is 6.30. The van der Waals surface area contributed by atoms with Gasteiger partial charge in [-0.25, -0.2) is 22.8 Å². The van der Waals surface area contributed by atoms with E-state index in [1.807, 2.05) is 24.1 Å². The summed E-state index contributed by atoms with van der Waals surface area (Å²) >= 11 is 0. The van der Waals surface area contributed by atoms with Crippen molar-refractivity contribution in [3.05, 3.63) is 49.1 Å². The molecule has 5 atom stereocenters. The molecule has 12 nitrogen and oxygen atoms in total. The zero-order chi connectivity index (χ0) is 31.9. The number of nitrogens with zero attached hydrogens (tertiary/aromatic N) is 7. The van der Waals surface area contributed by atoms with Crippen molar-refractivity contribution < 1.29 is 22.3 Å². The fourth-order valence-corrected chi connectivity index (χ4v) is 7.92. The molecule has 14 heteroatoms. The van der Waals surface area contributed by atoms with Gasteiger partial charge in [0.25, 0.3) is 0 Å². The summed E-state index contributed by atoms with van der Waals surface area (Å²) in [5.41, 5.74) is 1.64. The number of ether oxygens (including phenoxy) is 1. The molecule has 240 valence electrons. The molecule has 1 N–H and O–H groups in total. The molecule has 1 amide bonds. The van der Waals surface area contributed by atoms with Crippen molar-refractivity contribution in [3.63, 3.8) is 0 Å². The van der Waals surface area contributed by atoms with Crippen LogP contribution in [0.5, 0.6) is 0 Å². The summed E-state index contributed by atoms with van der Waals surface area (Å²) in [6, 6.07) is 3.43. The topological polar surface area (TPSA) is 134 Å². The Balaban J connectivity index is 1.33. The molecule has 3 aliphatic heterocycles. The summed E-state index contributed by atoms with van der Waals surface area (Å²) in [6.07, 6.45) is 8.44. The van der Waals surface area contributed by atoms with Crippen molar-refractivity contribution in [1.82, 2.24) is 24.8 Å². The molecule has 45 heavy (non-hydrogen) atoms. The Morgan fingerprint density at radius 2 is 1.98 bits per heavy atom. The van der Waals surface area contributed by atoms with Gasteiger partial charge in [0.05, 0.1) is 42.0 Å². The van der Waals surface area contributed by atoms with Crippen LogP contribution in [0.15, 0.2) is 43.4 Å². The second kappa shape index (κ2) is 12.5. The third-order valence-corrected chi connectivity index (χ3v) is 10.2. The number of halogens is 1. The van der Waals surface area contributed by atoms with E-state index in [-0.39, 0.29) is 36.2 Å². The van der Waals surface area contributed by atoms with E-state index in [2.05, 4.69) is 26.8 Å². The molecule has 3 saturated heterocycles. The van der Waals surface area contributed by atoms with E-state index in [0.717, 1.165) is 35.0 Å². The number of anilines is 4. The van der Waals surface area contributed by atoms with Gasteiger partial charge in [-0.15, -0.1) is 0 Å². The van der Waals surface area contributed by atoms with Gasteiger partial charge in [-0.05, 0) is 44.4 Å². The maximum atomic E-state index is 14.6. The maximum absolute atomic E-state index is 14.6. The van der Waals surface area contributed by atoms with Crippen molar-refractivity contribution in [2.24, 2.45) is 5.92 Å². The van der Waals surface area contributed by atoms with Gasteiger partial charge in [0.2, 0.25) is 11.9 Å². The lowest BCUT2D eigenvalue weighted by Gasteiger charge is -2.48. The number of fused-ring (bicyclic) bond motifs is 1. The van der Waals surface area contributed by atoms with Crippen LogP contribution in [0.1, 0.15) is 37.9 Å². The van der Waals surface area contributed by atoms with Gasteiger partial charge in [-0.3, -0.25) is 9.78 Å². The molecule has 6 heterocycles. The number of hydrogen-bond acceptors (Lipinski definition) is 11. The van der Waals surface area contributed by atoms with Gasteiger partial charge >= 0.3 is 0 Å². The number of carbonyl (C=O) groups is 1. The van der Waals surface area contributed by atoms with E-state index in [4.69, 9.17) is 14.7 Å². The zero-order valence-corrected chi connectivity index (χ0v) is 26.6. The second-order valence-corrected chi connectivity index (χ2v) is 14.4. The molecule has 0 saturated carbocycles. The fourth-order valence-electron chi connectivity index (χ4n) is 6.75. The molecular formula is C31H39FN8O4S. The Morgan fingerprint density at radius 1 is 1.16 bits per heavy atom. The number of nitrogens with one attached hydrogen (secondary N) is 1. The monoisotopic (exact) mass is 638 g/mol. The number of sulfone groups is 1. The lowest BCUT2D eigenvalue weighted by Crippen LogP contribution is -2.57. The SMILES string of the molecule is C=CC(=O)N1CCC[C@H]1c1ncc(N2C[C@H](CS(C)(=O)=O)[C@H]2C)c2cnc(Nc3ccnc(N4CC[C@@H](OC)[C@@H](F)C4)n3)cc12. The largest absolute Gasteiger partial charge is 0.378 e. The number of rotatable bonds is 9. The lowest BCUT2D eigenvalue weighted by molar-refractivity contribution is -0.126. The molecular weight excluding hydrogens is 599 g/mol. The normalized spacial score (nSPS) is 25.3. The average Bonchev–Trinajstić information content (AvgIpc) is 3.51. The van der Waals surface area contributed by atoms with Crippen LogP contribution in [-0.4, -0.2) is 103 Å². The third-order valence-electron chi connectivity index (χ3n) is 9.21. The predicted molar refractivity (Wildman–Crippen MR) is 171 cm³/mol. The highest BCUT2D eigenvalue weighted by Crippen LogP contribution is 2.41. The number of alkyl halides is 1. The summed E-state index contributed by atoms with van der Waals surface area (Å²) in [5, 5.41) is 4.98. The molecule has 0 aromatic carbocycles. The summed E-state index contributed by atoms with van der Waals surface area (Å²) in [5.74, 6) is 1.48. The second-order valence-electron chi connectivity index (χ2n) is 12.2. The van der Waals surface area contributed by atoms with Crippen LogP contribution in [0, 0.1) is 5.92 Å². The summed E-state index contributed by atoms with van der Waals surface area (Å²) in [6.45, 7) is 7.66. The highest BCUT2D eigenvalue weighted by molar-refractivity contribution is 7.90. The number of pyridine rings is 2. The average molecular weight is 639 g/mol. The highest BCUT2D eigenvalue weighted by atomic mass is 32.2. The van der Waals surface area contributed by atoms with Crippen molar-refractivity contribution in [2.75, 3.05) is 60.4 Å². The van der Waals surface area contributed by atoms with Crippen LogP contribution in [0.3, 0.4) is 0 Å². The van der Waals surface area contributed by atoms with Crippen LogP contribution in [-0.2, 0) is 19.4 Å². The number of hydrogen-bond donors (Lipinski definition) is 1. The molecule has 3 aromatic rings. The van der Waals surface area contributed by atoms with E-state index in [0.29, 0.717) is 43.6 Å². The first kappa shape index (κ1) is 31.1. The Labute approximate surface area is 262 Å². The summed E-state index contributed by atoms with van der Waals surface area (Å²) in [4.78, 5) is 37.1. The summed E-state index contributed by atoms with van der Waals surface area (Å²) in [7, 11) is -1.57. The van der Waals surface area contributed by atoms with E-state index in [9.17, 15) is 17.6 Å². The quantitative estimate of drug-likeness (QED) is 0.346. The smallest absolute Gasteiger partial charge is 0.246 e. The van der Waals surface area contributed by atoms with E-state index >= 15 is 0 Å². The van der Waals surface area contributed by atoms with Gasteiger partial charge in [0, 0.05) is 68.1 Å². The minimum atomic E-state index is -3.10. The molecule has 0 unspecified atom stereocenters. The van der Waals surface area contributed by atoms with Crippen LogP contribution in [0.4, 0.5) is 27.7 Å². The Bertz CT molecular complexity index is 1710. The molecule has 3 fully saturated rings. The van der Waals surface area contributed by atoms with Crippen molar-refractivity contribution in [2.45, 2.75) is 50.5 Å². The first-order chi connectivity index (χ1) is 21.6. The molecule has 3 aromatic heterocycles. The molecule has 0 bridgehead atoms. The van der Waals surface area contributed by atoms with E-state index < -0.39 is 22.1 Å². The minimum Gasteiger partial charge on any atom is -0.378 e. The van der Waals surface area contributed by atoms with Gasteiger partial charge < -0.3 is 24.8 Å². The standard InChI is InChI=1S/C31H39FN8O4S/c1-5-29(41)39-11-6-7-24(39)30-21-13-28(36-27-8-10-33-31(37-27)38-12-9-26(44-3)23(32)17-38)34-14-22(21)25(15-35-30)40-16-20(19(40)2)18-45(4,42)43/h5,8,10,13-15,19-20,23-24,26H,1,6-7,9,11-12,16-18H2,2-4H3,(H,33,34,36,37)/t19-,20-,23+,24+,26-/m1/s1. The fraction of sp³-hybridized carbons (Fsp3) is 0.516. The van der Waals surface area contributed by atoms with Crippen LogP contribution >= 0.6 is 0 Å². The van der Waals surface area contributed by atoms with Crippen LogP contribution < -0.4 is 15.1 Å². The van der Waals surface area contributed by atoms with E-state index in [1.165, 1.54) is 19.4 Å². The van der Waals surface area contributed by atoms with E-state index in [1.54, 1.807) is 23.4 Å². The Hall–Kier alpha value is -3.91. The van der Waals surface area contributed by atoms with Crippen molar-refractivity contribution in [3.8, 4) is 0 Å². The van der Waals surface area contributed by atoms with Crippen molar-refractivity contribution in [1.29, 1.82) is 0 Å².